The molecular weight excluding hydrogens is 252 g/mol. The van der Waals surface area contributed by atoms with Crippen LogP contribution < -0.4 is 4.74 Å². The fourth-order valence-electron chi connectivity index (χ4n) is 3.24. The van der Waals surface area contributed by atoms with Gasteiger partial charge in [-0.2, -0.15) is 0 Å². The Kier molecular flexibility index (Phi) is 3.33. The van der Waals surface area contributed by atoms with Crippen LogP contribution in [-0.2, 0) is 10.2 Å². The zero-order chi connectivity index (χ0) is 14.3. The fraction of sp³-hybridized carbons (Fsp3) is 0.588. The molecule has 3 rings (SSSR count). The summed E-state index contributed by atoms with van der Waals surface area (Å²) in [6.45, 7) is 7.77. The van der Waals surface area contributed by atoms with Crippen molar-refractivity contribution in [3.8, 4) is 5.75 Å². The second kappa shape index (κ2) is 4.88. The molecule has 108 valence electrons. The van der Waals surface area contributed by atoms with E-state index in [1.54, 1.807) is 0 Å². The van der Waals surface area contributed by atoms with Crippen molar-refractivity contribution >= 4 is 5.78 Å². The summed E-state index contributed by atoms with van der Waals surface area (Å²) < 4.78 is 11.3. The number of Topliss-reactive ketones (excluding diaryl/α,β-unsaturated/α-hetero) is 1. The largest absolute Gasteiger partial charge is 0.492 e. The van der Waals surface area contributed by atoms with E-state index in [2.05, 4.69) is 20.8 Å². The number of ether oxygens (including phenoxy) is 2. The predicted molar refractivity (Wildman–Crippen MR) is 77.4 cm³/mol. The monoisotopic (exact) mass is 274 g/mol. The molecule has 3 nitrogen and oxygen atoms in total. The Balaban J connectivity index is 1.90. The lowest BCUT2D eigenvalue weighted by Crippen LogP contribution is -2.24. The van der Waals surface area contributed by atoms with Gasteiger partial charge in [0.2, 0.25) is 0 Å². The molecule has 0 bridgehead atoms. The third-order valence-electron chi connectivity index (χ3n) is 4.53. The Morgan fingerprint density at radius 2 is 2.20 bits per heavy atom. The highest BCUT2D eigenvalue weighted by Gasteiger charge is 2.36. The SMILES string of the molecule is CCC1OCCC1C(=O)c1ccc2c(c1)C(C)(C)CO2. The zero-order valence-corrected chi connectivity index (χ0v) is 12.4. The summed E-state index contributed by atoms with van der Waals surface area (Å²) >= 11 is 0. The topological polar surface area (TPSA) is 35.5 Å². The summed E-state index contributed by atoms with van der Waals surface area (Å²) in [6, 6.07) is 5.86. The van der Waals surface area contributed by atoms with Crippen LogP contribution in [0.15, 0.2) is 18.2 Å². The van der Waals surface area contributed by atoms with Crippen molar-refractivity contribution in [2.24, 2.45) is 5.92 Å². The van der Waals surface area contributed by atoms with Gasteiger partial charge in [0.15, 0.2) is 5.78 Å². The molecule has 1 aromatic rings. The van der Waals surface area contributed by atoms with Crippen LogP contribution in [0.3, 0.4) is 0 Å². The van der Waals surface area contributed by atoms with Crippen molar-refractivity contribution in [2.45, 2.75) is 45.1 Å². The van der Waals surface area contributed by atoms with Crippen LogP contribution in [0, 0.1) is 5.92 Å². The Morgan fingerprint density at radius 3 is 2.95 bits per heavy atom. The third-order valence-corrected chi connectivity index (χ3v) is 4.53. The number of rotatable bonds is 3. The summed E-state index contributed by atoms with van der Waals surface area (Å²) in [5, 5.41) is 0. The number of hydrogen-bond donors (Lipinski definition) is 0. The first kappa shape index (κ1) is 13.6. The van der Waals surface area contributed by atoms with E-state index in [9.17, 15) is 4.79 Å². The smallest absolute Gasteiger partial charge is 0.168 e. The van der Waals surface area contributed by atoms with Gasteiger partial charge in [0.05, 0.1) is 18.6 Å². The molecule has 0 saturated carbocycles. The minimum Gasteiger partial charge on any atom is -0.492 e. The Hall–Kier alpha value is -1.35. The van der Waals surface area contributed by atoms with E-state index >= 15 is 0 Å². The highest BCUT2D eigenvalue weighted by atomic mass is 16.5. The normalized spacial score (nSPS) is 27.1. The molecular formula is C17H22O3. The van der Waals surface area contributed by atoms with Gasteiger partial charge in [0, 0.05) is 23.1 Å². The molecule has 0 amide bonds. The molecule has 2 aliphatic rings. The van der Waals surface area contributed by atoms with Gasteiger partial charge < -0.3 is 9.47 Å². The van der Waals surface area contributed by atoms with Gasteiger partial charge in [-0.15, -0.1) is 0 Å². The van der Waals surface area contributed by atoms with Crippen LogP contribution in [0.4, 0.5) is 0 Å². The van der Waals surface area contributed by atoms with Gasteiger partial charge >= 0.3 is 0 Å². The van der Waals surface area contributed by atoms with Crippen molar-refractivity contribution in [2.75, 3.05) is 13.2 Å². The summed E-state index contributed by atoms with van der Waals surface area (Å²) in [5.74, 6) is 1.16. The number of fused-ring (bicyclic) bond motifs is 1. The first-order chi connectivity index (χ1) is 9.53. The molecule has 20 heavy (non-hydrogen) atoms. The molecule has 2 unspecified atom stereocenters. The summed E-state index contributed by atoms with van der Waals surface area (Å²) in [5.41, 5.74) is 1.94. The summed E-state index contributed by atoms with van der Waals surface area (Å²) in [4.78, 5) is 12.7. The molecule has 0 radical (unpaired) electrons. The molecule has 0 spiro atoms. The lowest BCUT2D eigenvalue weighted by Gasteiger charge is -2.18. The van der Waals surface area contributed by atoms with Crippen molar-refractivity contribution < 1.29 is 14.3 Å². The lowest BCUT2D eigenvalue weighted by molar-refractivity contribution is 0.0689. The van der Waals surface area contributed by atoms with Gasteiger partial charge in [0.1, 0.15) is 5.75 Å². The van der Waals surface area contributed by atoms with Crippen LogP contribution in [0.5, 0.6) is 5.75 Å². The van der Waals surface area contributed by atoms with Crippen molar-refractivity contribution in [3.05, 3.63) is 29.3 Å². The standard InChI is InChI=1S/C17H22O3/c1-4-14-12(7-8-19-14)16(18)11-5-6-15-13(9-11)17(2,3)10-20-15/h5-6,9,12,14H,4,7-8,10H2,1-3H3. The number of benzene rings is 1. The maximum absolute atomic E-state index is 12.7. The minimum atomic E-state index is -0.0119. The van der Waals surface area contributed by atoms with Gasteiger partial charge in [0.25, 0.3) is 0 Å². The lowest BCUT2D eigenvalue weighted by atomic mass is 9.84. The Morgan fingerprint density at radius 1 is 1.40 bits per heavy atom. The van der Waals surface area contributed by atoms with E-state index in [4.69, 9.17) is 9.47 Å². The van der Waals surface area contributed by atoms with Gasteiger partial charge in [-0.05, 0) is 31.0 Å². The molecule has 1 fully saturated rings. The van der Waals surface area contributed by atoms with Gasteiger partial charge in [-0.25, -0.2) is 0 Å². The highest BCUT2D eigenvalue weighted by Crippen LogP contribution is 2.39. The molecule has 2 atom stereocenters. The molecule has 0 aliphatic carbocycles. The molecule has 2 heterocycles. The van der Waals surface area contributed by atoms with E-state index in [1.807, 2.05) is 18.2 Å². The third kappa shape index (κ3) is 2.14. The second-order valence-electron chi connectivity index (χ2n) is 6.46. The van der Waals surface area contributed by atoms with Crippen molar-refractivity contribution in [1.82, 2.24) is 0 Å². The summed E-state index contributed by atoms with van der Waals surface area (Å²) in [6.07, 6.45) is 1.82. The maximum atomic E-state index is 12.7. The molecule has 0 aromatic heterocycles. The van der Waals surface area contributed by atoms with Crippen molar-refractivity contribution in [1.29, 1.82) is 0 Å². The van der Waals surface area contributed by atoms with Crippen LogP contribution in [-0.4, -0.2) is 25.1 Å². The number of hydrogen-bond acceptors (Lipinski definition) is 3. The fourth-order valence-corrected chi connectivity index (χ4v) is 3.24. The number of carbonyl (C=O) groups is 1. The highest BCUT2D eigenvalue weighted by molar-refractivity contribution is 5.98. The zero-order valence-electron chi connectivity index (χ0n) is 12.4. The van der Waals surface area contributed by atoms with E-state index in [0.717, 1.165) is 29.7 Å². The van der Waals surface area contributed by atoms with E-state index < -0.39 is 0 Å². The van der Waals surface area contributed by atoms with E-state index in [0.29, 0.717) is 13.2 Å². The quantitative estimate of drug-likeness (QED) is 0.793. The number of ketones is 1. The second-order valence-corrected chi connectivity index (χ2v) is 6.46. The van der Waals surface area contributed by atoms with Crippen LogP contribution in [0.2, 0.25) is 0 Å². The molecule has 1 saturated heterocycles. The minimum absolute atomic E-state index is 0.0119. The Labute approximate surface area is 120 Å². The average Bonchev–Trinajstić information content (AvgIpc) is 3.03. The first-order valence-electron chi connectivity index (χ1n) is 7.46. The van der Waals surface area contributed by atoms with E-state index in [1.165, 1.54) is 0 Å². The van der Waals surface area contributed by atoms with Crippen LogP contribution >= 0.6 is 0 Å². The van der Waals surface area contributed by atoms with Crippen molar-refractivity contribution in [3.63, 3.8) is 0 Å². The summed E-state index contributed by atoms with van der Waals surface area (Å²) in [7, 11) is 0. The molecule has 2 aliphatic heterocycles. The molecule has 1 aromatic carbocycles. The van der Waals surface area contributed by atoms with Crippen LogP contribution in [0.25, 0.3) is 0 Å². The Bertz CT molecular complexity index is 533. The number of carbonyl (C=O) groups excluding carboxylic acids is 1. The maximum Gasteiger partial charge on any atom is 0.168 e. The average molecular weight is 274 g/mol. The molecule has 3 heteroatoms. The predicted octanol–water partition coefficient (Wildman–Crippen LogP) is 3.35. The first-order valence-corrected chi connectivity index (χ1v) is 7.46. The van der Waals surface area contributed by atoms with Gasteiger partial charge in [-0.1, -0.05) is 20.8 Å². The van der Waals surface area contributed by atoms with E-state index in [-0.39, 0.29) is 23.2 Å². The molecule has 0 N–H and O–H groups in total. The van der Waals surface area contributed by atoms with Crippen LogP contribution in [0.1, 0.15) is 49.5 Å². The van der Waals surface area contributed by atoms with Gasteiger partial charge in [-0.3, -0.25) is 4.79 Å².